The summed E-state index contributed by atoms with van der Waals surface area (Å²) in [6.07, 6.45) is 7.23. The van der Waals surface area contributed by atoms with E-state index in [0.29, 0.717) is 5.95 Å². The first-order valence-electron chi connectivity index (χ1n) is 10.2. The largest absolute Gasteiger partial charge is 0.392 e. The van der Waals surface area contributed by atoms with Crippen LogP contribution in [-0.4, -0.2) is 57.2 Å². The SMILES string of the molecule is Cc1ccc(-c2nc(NCCN3CCC[C@H](O)C3)ncc2-c2cccnc2)cc1. The highest BCUT2D eigenvalue weighted by Crippen LogP contribution is 2.30. The minimum atomic E-state index is -0.202. The highest BCUT2D eigenvalue weighted by molar-refractivity contribution is 5.80. The molecule has 1 aliphatic heterocycles. The number of benzene rings is 1. The Bertz CT molecular complexity index is 930. The van der Waals surface area contributed by atoms with Crippen molar-refractivity contribution in [3.8, 4) is 22.4 Å². The third kappa shape index (κ3) is 4.96. The summed E-state index contributed by atoms with van der Waals surface area (Å²) in [5, 5.41) is 13.2. The molecular weight excluding hydrogens is 362 g/mol. The van der Waals surface area contributed by atoms with Crippen LogP contribution in [0.25, 0.3) is 22.4 Å². The average molecular weight is 390 g/mol. The summed E-state index contributed by atoms with van der Waals surface area (Å²) in [6.45, 7) is 5.47. The van der Waals surface area contributed by atoms with Gasteiger partial charge in [-0.1, -0.05) is 35.9 Å². The third-order valence-electron chi connectivity index (χ3n) is 5.28. The highest BCUT2D eigenvalue weighted by atomic mass is 16.3. The lowest BCUT2D eigenvalue weighted by atomic mass is 10.0. The van der Waals surface area contributed by atoms with Crippen molar-refractivity contribution in [2.45, 2.75) is 25.9 Å². The fourth-order valence-electron chi connectivity index (χ4n) is 3.69. The van der Waals surface area contributed by atoms with Crippen LogP contribution in [0.3, 0.4) is 0 Å². The van der Waals surface area contributed by atoms with Gasteiger partial charge in [0.15, 0.2) is 0 Å². The van der Waals surface area contributed by atoms with Crippen LogP contribution in [0.4, 0.5) is 5.95 Å². The van der Waals surface area contributed by atoms with Gasteiger partial charge < -0.3 is 10.4 Å². The van der Waals surface area contributed by atoms with E-state index in [9.17, 15) is 5.11 Å². The molecule has 0 amide bonds. The van der Waals surface area contributed by atoms with Gasteiger partial charge in [0, 0.05) is 54.9 Å². The number of β-amino-alcohol motifs (C(OH)–C–C–N with tert-alkyl or cyclic N) is 1. The van der Waals surface area contributed by atoms with Gasteiger partial charge in [-0.05, 0) is 32.4 Å². The van der Waals surface area contributed by atoms with Gasteiger partial charge in [0.25, 0.3) is 0 Å². The second-order valence-corrected chi connectivity index (χ2v) is 7.59. The van der Waals surface area contributed by atoms with Crippen molar-refractivity contribution in [2.24, 2.45) is 0 Å². The number of aliphatic hydroxyl groups is 1. The smallest absolute Gasteiger partial charge is 0.223 e. The molecule has 29 heavy (non-hydrogen) atoms. The van der Waals surface area contributed by atoms with Gasteiger partial charge in [0.05, 0.1) is 11.8 Å². The molecule has 3 heterocycles. The molecule has 6 nitrogen and oxygen atoms in total. The maximum Gasteiger partial charge on any atom is 0.223 e. The Morgan fingerprint density at radius 3 is 2.76 bits per heavy atom. The lowest BCUT2D eigenvalue weighted by molar-refractivity contribution is 0.0730. The van der Waals surface area contributed by atoms with Gasteiger partial charge in [-0.25, -0.2) is 9.97 Å². The number of nitrogens with one attached hydrogen (secondary N) is 1. The predicted molar refractivity (Wildman–Crippen MR) is 116 cm³/mol. The number of piperidine rings is 1. The van der Waals surface area contributed by atoms with E-state index in [2.05, 4.69) is 51.4 Å². The zero-order valence-electron chi connectivity index (χ0n) is 16.8. The van der Waals surface area contributed by atoms with E-state index in [-0.39, 0.29) is 6.10 Å². The Morgan fingerprint density at radius 2 is 2.00 bits per heavy atom. The van der Waals surface area contributed by atoms with Crippen molar-refractivity contribution < 1.29 is 5.11 Å². The van der Waals surface area contributed by atoms with E-state index in [1.54, 1.807) is 6.20 Å². The Hall–Kier alpha value is -2.83. The van der Waals surface area contributed by atoms with Crippen molar-refractivity contribution in [1.82, 2.24) is 19.9 Å². The number of rotatable bonds is 6. The molecule has 150 valence electrons. The van der Waals surface area contributed by atoms with Crippen molar-refractivity contribution in [3.05, 3.63) is 60.6 Å². The van der Waals surface area contributed by atoms with E-state index >= 15 is 0 Å². The molecule has 6 heteroatoms. The molecule has 2 aromatic heterocycles. The Balaban J connectivity index is 1.54. The number of aliphatic hydroxyl groups excluding tert-OH is 1. The molecule has 0 radical (unpaired) electrons. The van der Waals surface area contributed by atoms with Crippen molar-refractivity contribution in [1.29, 1.82) is 0 Å². The van der Waals surface area contributed by atoms with Crippen LogP contribution in [0.2, 0.25) is 0 Å². The first-order chi connectivity index (χ1) is 14.2. The zero-order valence-corrected chi connectivity index (χ0v) is 16.8. The van der Waals surface area contributed by atoms with Crippen LogP contribution in [0.15, 0.2) is 55.0 Å². The molecule has 1 aliphatic rings. The van der Waals surface area contributed by atoms with Crippen LogP contribution in [0.1, 0.15) is 18.4 Å². The molecule has 4 rings (SSSR count). The molecule has 0 spiro atoms. The summed E-state index contributed by atoms with van der Waals surface area (Å²) in [6, 6.07) is 12.3. The fraction of sp³-hybridized carbons (Fsp3) is 0.348. The molecule has 3 aromatic rings. The Kier molecular flexibility index (Phi) is 6.12. The quantitative estimate of drug-likeness (QED) is 0.673. The van der Waals surface area contributed by atoms with Gasteiger partial charge in [-0.15, -0.1) is 0 Å². The molecule has 1 aromatic carbocycles. The lowest BCUT2D eigenvalue weighted by Crippen LogP contribution is -2.40. The summed E-state index contributed by atoms with van der Waals surface area (Å²) in [4.78, 5) is 15.9. The number of hydrogen-bond acceptors (Lipinski definition) is 6. The topological polar surface area (TPSA) is 74.2 Å². The number of aromatic nitrogens is 3. The van der Waals surface area contributed by atoms with Gasteiger partial charge in [-0.3, -0.25) is 9.88 Å². The Morgan fingerprint density at radius 1 is 1.14 bits per heavy atom. The summed E-state index contributed by atoms with van der Waals surface area (Å²) in [5.74, 6) is 0.616. The van der Waals surface area contributed by atoms with E-state index < -0.39 is 0 Å². The van der Waals surface area contributed by atoms with Crippen LogP contribution in [0.5, 0.6) is 0 Å². The predicted octanol–water partition coefficient (Wildman–Crippen LogP) is 3.38. The molecule has 2 N–H and O–H groups in total. The number of likely N-dealkylation sites (tertiary alicyclic amines) is 1. The normalized spacial score (nSPS) is 17.2. The number of pyridine rings is 1. The number of aryl methyl sites for hydroxylation is 1. The summed E-state index contributed by atoms with van der Waals surface area (Å²) >= 11 is 0. The van der Waals surface area contributed by atoms with E-state index in [4.69, 9.17) is 4.98 Å². The highest BCUT2D eigenvalue weighted by Gasteiger charge is 2.17. The minimum absolute atomic E-state index is 0.202. The molecular formula is C23H27N5O. The first-order valence-corrected chi connectivity index (χ1v) is 10.2. The van der Waals surface area contributed by atoms with Gasteiger partial charge in [-0.2, -0.15) is 0 Å². The fourth-order valence-corrected chi connectivity index (χ4v) is 3.69. The third-order valence-corrected chi connectivity index (χ3v) is 5.28. The molecule has 0 saturated carbocycles. The van der Waals surface area contributed by atoms with E-state index in [1.165, 1.54) is 5.56 Å². The standard InChI is InChI=1S/C23H27N5O/c1-17-6-8-18(9-7-17)22-21(19-4-2-10-24-14-19)15-26-23(27-22)25-11-13-28-12-3-5-20(29)16-28/h2,4,6-10,14-15,20,29H,3,5,11-13,16H2,1H3,(H,25,26,27)/t20-/m0/s1. The second-order valence-electron chi connectivity index (χ2n) is 7.59. The number of anilines is 1. The number of nitrogens with zero attached hydrogens (tertiary/aromatic N) is 4. The van der Waals surface area contributed by atoms with Crippen LogP contribution >= 0.6 is 0 Å². The Labute approximate surface area is 171 Å². The number of hydrogen-bond donors (Lipinski definition) is 2. The van der Waals surface area contributed by atoms with E-state index in [1.807, 2.05) is 24.5 Å². The van der Waals surface area contributed by atoms with Crippen molar-refractivity contribution in [3.63, 3.8) is 0 Å². The molecule has 0 bridgehead atoms. The maximum absolute atomic E-state index is 9.82. The van der Waals surface area contributed by atoms with Crippen molar-refractivity contribution >= 4 is 5.95 Å². The summed E-state index contributed by atoms with van der Waals surface area (Å²) in [7, 11) is 0. The minimum Gasteiger partial charge on any atom is -0.392 e. The van der Waals surface area contributed by atoms with Gasteiger partial charge in [0.1, 0.15) is 0 Å². The molecule has 1 atom stereocenters. The molecule has 1 saturated heterocycles. The monoisotopic (exact) mass is 389 g/mol. The molecule has 0 unspecified atom stereocenters. The van der Waals surface area contributed by atoms with Crippen LogP contribution < -0.4 is 5.32 Å². The van der Waals surface area contributed by atoms with E-state index in [0.717, 1.165) is 61.4 Å². The van der Waals surface area contributed by atoms with Gasteiger partial charge in [0.2, 0.25) is 5.95 Å². The first kappa shape index (κ1) is 19.5. The van der Waals surface area contributed by atoms with Gasteiger partial charge >= 0.3 is 0 Å². The maximum atomic E-state index is 9.82. The summed E-state index contributed by atoms with van der Waals surface area (Å²) < 4.78 is 0. The second kappa shape index (κ2) is 9.11. The van der Waals surface area contributed by atoms with Crippen LogP contribution in [-0.2, 0) is 0 Å². The molecule has 0 aliphatic carbocycles. The lowest BCUT2D eigenvalue weighted by Gasteiger charge is -2.29. The zero-order chi connectivity index (χ0) is 20.1. The average Bonchev–Trinajstić information content (AvgIpc) is 2.75. The molecule has 1 fully saturated rings. The van der Waals surface area contributed by atoms with Crippen LogP contribution in [0, 0.1) is 6.92 Å². The summed E-state index contributed by atoms with van der Waals surface area (Å²) in [5.41, 5.74) is 5.12. The van der Waals surface area contributed by atoms with Crippen molar-refractivity contribution in [2.75, 3.05) is 31.5 Å².